The third-order valence-corrected chi connectivity index (χ3v) is 7.90. The van der Waals surface area contributed by atoms with Crippen LogP contribution in [0.1, 0.15) is 74.4 Å². The van der Waals surface area contributed by atoms with Crippen LogP contribution in [0.2, 0.25) is 0 Å². The van der Waals surface area contributed by atoms with Crippen molar-refractivity contribution < 1.29 is 32.3 Å². The van der Waals surface area contributed by atoms with Crippen molar-refractivity contribution in [2.45, 2.75) is 82.3 Å². The maximum absolute atomic E-state index is 13.9. The first-order valence-corrected chi connectivity index (χ1v) is 15.0. The first-order valence-electron chi connectivity index (χ1n) is 15.0. The summed E-state index contributed by atoms with van der Waals surface area (Å²) in [6.07, 6.45) is 3.50. The molecule has 2 aliphatic heterocycles. The Morgan fingerprint density at radius 1 is 0.977 bits per heavy atom. The summed E-state index contributed by atoms with van der Waals surface area (Å²) in [5.41, 5.74) is 1.81. The van der Waals surface area contributed by atoms with E-state index < -0.39 is 41.8 Å². The monoisotopic (exact) mass is 609 g/mol. The van der Waals surface area contributed by atoms with E-state index in [1.807, 2.05) is 54.6 Å². The number of likely N-dealkylation sites (tertiary alicyclic amines) is 1. The van der Waals surface area contributed by atoms with Crippen LogP contribution < -0.4 is 15.4 Å². The molecule has 12 heteroatoms. The molecule has 0 aliphatic carbocycles. The van der Waals surface area contributed by atoms with Gasteiger partial charge in [0, 0.05) is 26.3 Å². The molecule has 3 amide bonds. The van der Waals surface area contributed by atoms with Gasteiger partial charge in [0.05, 0.1) is 6.61 Å². The van der Waals surface area contributed by atoms with Gasteiger partial charge in [-0.25, -0.2) is 0 Å². The van der Waals surface area contributed by atoms with Crippen LogP contribution in [0.4, 0.5) is 8.78 Å². The summed E-state index contributed by atoms with van der Waals surface area (Å²) in [5.74, 6) is -4.77. The number of aryl methyl sites for hydroxylation is 1. The summed E-state index contributed by atoms with van der Waals surface area (Å²) in [6.45, 7) is 1.48. The first kappa shape index (κ1) is 31.1. The van der Waals surface area contributed by atoms with Crippen molar-refractivity contribution in [2.75, 3.05) is 13.2 Å². The molecule has 1 aromatic heterocycles. The molecule has 3 heterocycles. The highest BCUT2D eigenvalue weighted by Gasteiger charge is 2.37. The van der Waals surface area contributed by atoms with Gasteiger partial charge in [0.15, 0.2) is 0 Å². The quantitative estimate of drug-likeness (QED) is 0.428. The predicted octanol–water partition coefficient (Wildman–Crippen LogP) is 4.25. The lowest BCUT2D eigenvalue weighted by atomic mass is 10.0. The van der Waals surface area contributed by atoms with Crippen molar-refractivity contribution in [1.29, 1.82) is 0 Å². The molecule has 0 radical (unpaired) electrons. The van der Waals surface area contributed by atoms with Crippen molar-refractivity contribution in [3.05, 3.63) is 77.5 Å². The molecular weight excluding hydrogens is 572 g/mol. The van der Waals surface area contributed by atoms with E-state index in [4.69, 9.17) is 9.15 Å². The van der Waals surface area contributed by atoms with Gasteiger partial charge in [-0.05, 0) is 61.8 Å². The zero-order valence-corrected chi connectivity index (χ0v) is 24.6. The summed E-state index contributed by atoms with van der Waals surface area (Å²) in [6, 6.07) is 14.3. The fourth-order valence-corrected chi connectivity index (χ4v) is 5.54. The Bertz CT molecular complexity index is 1440. The standard InChI is InChI=1S/C32H37F2N5O5/c1-32(33,34)31-38-37-30(44-31)25-13-5-6-18-43-23-12-7-11-22(19-23)20-26(39-17-8-14-27(39)40)29(42)35-24(28(41)36-25)16-15-21-9-3-2-4-10-21/h2-4,7,9-12,19,24-26H,5-6,8,13-18,20H2,1H3,(H,35,42)(H,36,41)/t24-,25-,26-/m0/s1. The number of nitrogens with zero attached hydrogens (tertiary/aromatic N) is 3. The van der Waals surface area contributed by atoms with Gasteiger partial charge < -0.3 is 24.7 Å². The molecule has 0 spiro atoms. The topological polar surface area (TPSA) is 127 Å². The Balaban J connectivity index is 1.46. The highest BCUT2D eigenvalue weighted by molar-refractivity contribution is 5.92. The Kier molecular flexibility index (Phi) is 9.86. The maximum Gasteiger partial charge on any atom is 0.321 e. The van der Waals surface area contributed by atoms with Gasteiger partial charge in [0.1, 0.15) is 23.9 Å². The Hall–Kier alpha value is -4.35. The molecule has 2 N–H and O–H groups in total. The number of amides is 3. The number of hydrogen-bond acceptors (Lipinski definition) is 7. The summed E-state index contributed by atoms with van der Waals surface area (Å²) < 4.78 is 39.0. The Morgan fingerprint density at radius 2 is 1.80 bits per heavy atom. The Labute approximate surface area is 254 Å². The number of ether oxygens (including phenoxy) is 1. The van der Waals surface area contributed by atoms with E-state index >= 15 is 0 Å². The van der Waals surface area contributed by atoms with Gasteiger partial charge in [-0.2, -0.15) is 8.78 Å². The van der Waals surface area contributed by atoms with Crippen LogP contribution >= 0.6 is 0 Å². The van der Waals surface area contributed by atoms with E-state index in [0.717, 1.165) is 11.1 Å². The van der Waals surface area contributed by atoms with Crippen molar-refractivity contribution in [3.8, 4) is 5.75 Å². The van der Waals surface area contributed by atoms with E-state index in [1.165, 1.54) is 0 Å². The minimum absolute atomic E-state index is 0.114. The van der Waals surface area contributed by atoms with E-state index in [9.17, 15) is 23.2 Å². The molecule has 5 rings (SSSR count). The van der Waals surface area contributed by atoms with Crippen LogP contribution in [0.25, 0.3) is 0 Å². The number of hydrogen-bond donors (Lipinski definition) is 2. The second kappa shape index (κ2) is 14.0. The lowest BCUT2D eigenvalue weighted by Gasteiger charge is -2.30. The number of aromatic nitrogens is 2. The van der Waals surface area contributed by atoms with Crippen LogP contribution in [0.5, 0.6) is 5.75 Å². The van der Waals surface area contributed by atoms with Gasteiger partial charge >= 0.3 is 5.92 Å². The molecule has 44 heavy (non-hydrogen) atoms. The van der Waals surface area contributed by atoms with Gasteiger partial charge in [-0.3, -0.25) is 14.4 Å². The van der Waals surface area contributed by atoms with Gasteiger partial charge in [-0.1, -0.05) is 42.5 Å². The van der Waals surface area contributed by atoms with Gasteiger partial charge in [0.2, 0.25) is 23.6 Å². The molecular formula is C32H37F2N5O5. The number of carbonyl (C=O) groups excluding carboxylic acids is 3. The number of rotatable bonds is 6. The number of carbonyl (C=O) groups is 3. The van der Waals surface area contributed by atoms with E-state index in [-0.39, 0.29) is 24.6 Å². The van der Waals surface area contributed by atoms with Crippen LogP contribution in [0.3, 0.4) is 0 Å². The lowest BCUT2D eigenvalue weighted by Crippen LogP contribution is -2.55. The number of halogens is 2. The van der Waals surface area contributed by atoms with Crippen LogP contribution in [0.15, 0.2) is 59.0 Å². The second-order valence-electron chi connectivity index (χ2n) is 11.4. The minimum atomic E-state index is -3.34. The largest absolute Gasteiger partial charge is 0.494 e. The van der Waals surface area contributed by atoms with E-state index in [1.54, 1.807) is 4.90 Å². The first-order chi connectivity index (χ1) is 21.2. The number of benzene rings is 2. The number of fused-ring (bicyclic) bond motifs is 2. The molecule has 3 atom stereocenters. The molecule has 0 unspecified atom stereocenters. The van der Waals surface area contributed by atoms with Crippen LogP contribution in [0, 0.1) is 0 Å². The van der Waals surface area contributed by atoms with Crippen molar-refractivity contribution in [1.82, 2.24) is 25.7 Å². The molecule has 3 aromatic rings. The smallest absolute Gasteiger partial charge is 0.321 e. The molecule has 1 fully saturated rings. The lowest BCUT2D eigenvalue weighted by molar-refractivity contribution is -0.138. The molecule has 2 aromatic carbocycles. The van der Waals surface area contributed by atoms with Crippen molar-refractivity contribution >= 4 is 17.7 Å². The predicted molar refractivity (Wildman–Crippen MR) is 156 cm³/mol. The fourth-order valence-electron chi connectivity index (χ4n) is 5.54. The average Bonchev–Trinajstić information content (AvgIpc) is 3.67. The minimum Gasteiger partial charge on any atom is -0.494 e. The van der Waals surface area contributed by atoms with Crippen LogP contribution in [-0.2, 0) is 33.1 Å². The molecule has 1 saturated heterocycles. The molecule has 2 aliphatic rings. The van der Waals surface area contributed by atoms with Crippen LogP contribution in [-0.4, -0.2) is 58.1 Å². The highest BCUT2D eigenvalue weighted by Crippen LogP contribution is 2.28. The third-order valence-electron chi connectivity index (χ3n) is 7.90. The summed E-state index contributed by atoms with van der Waals surface area (Å²) >= 11 is 0. The molecule has 10 nitrogen and oxygen atoms in total. The second-order valence-corrected chi connectivity index (χ2v) is 11.4. The summed E-state index contributed by atoms with van der Waals surface area (Å²) in [5, 5.41) is 13.1. The van der Waals surface area contributed by atoms with E-state index in [0.29, 0.717) is 64.3 Å². The summed E-state index contributed by atoms with van der Waals surface area (Å²) in [4.78, 5) is 42.1. The fraction of sp³-hybridized carbons (Fsp3) is 0.469. The van der Waals surface area contributed by atoms with Crippen molar-refractivity contribution in [2.24, 2.45) is 0 Å². The maximum atomic E-state index is 13.9. The average molecular weight is 610 g/mol. The normalized spacial score (nSPS) is 22.3. The van der Waals surface area contributed by atoms with Crippen molar-refractivity contribution in [3.63, 3.8) is 0 Å². The third kappa shape index (κ3) is 7.97. The molecule has 2 bridgehead atoms. The molecule has 0 saturated carbocycles. The number of alkyl halides is 2. The zero-order valence-electron chi connectivity index (χ0n) is 24.6. The highest BCUT2D eigenvalue weighted by atomic mass is 19.3. The Morgan fingerprint density at radius 3 is 2.52 bits per heavy atom. The van der Waals surface area contributed by atoms with Gasteiger partial charge in [0.25, 0.3) is 5.89 Å². The zero-order chi connectivity index (χ0) is 31.1. The number of nitrogens with one attached hydrogen (secondary N) is 2. The summed E-state index contributed by atoms with van der Waals surface area (Å²) in [7, 11) is 0. The SMILES string of the molecule is CC(F)(F)c1nnc([C@@H]2CCCCOc3cccc(c3)C[C@H](N3CCCC3=O)C(=O)N[C@@H](CCc3ccccc3)C(=O)N2)o1. The molecule has 234 valence electrons. The van der Waals surface area contributed by atoms with Gasteiger partial charge in [-0.15, -0.1) is 10.2 Å². The van der Waals surface area contributed by atoms with E-state index in [2.05, 4.69) is 20.8 Å².